The summed E-state index contributed by atoms with van der Waals surface area (Å²) in [5.74, 6) is 0.776. The van der Waals surface area contributed by atoms with Gasteiger partial charge in [0.05, 0.1) is 18.9 Å². The van der Waals surface area contributed by atoms with E-state index in [1.54, 1.807) is 22.9 Å². The van der Waals surface area contributed by atoms with Gasteiger partial charge in [-0.1, -0.05) is 12.1 Å². The lowest BCUT2D eigenvalue weighted by Gasteiger charge is -2.26. The maximum absolute atomic E-state index is 14.0. The molecule has 3 aromatic heterocycles. The summed E-state index contributed by atoms with van der Waals surface area (Å²) in [7, 11) is 0. The van der Waals surface area contributed by atoms with Gasteiger partial charge < -0.3 is 18.8 Å². The lowest BCUT2D eigenvalue weighted by atomic mass is 9.96. The van der Waals surface area contributed by atoms with Crippen LogP contribution < -0.4 is 16.0 Å². The molecule has 10 nitrogen and oxygen atoms in total. The molecule has 0 N–H and O–H groups in total. The summed E-state index contributed by atoms with van der Waals surface area (Å²) >= 11 is 0. The fourth-order valence-electron chi connectivity index (χ4n) is 5.44. The Bertz CT molecular complexity index is 1630. The Morgan fingerprint density at radius 1 is 1.00 bits per heavy atom. The van der Waals surface area contributed by atoms with E-state index in [4.69, 9.17) is 19.2 Å². The van der Waals surface area contributed by atoms with Crippen molar-refractivity contribution < 1.29 is 18.6 Å². The molecule has 0 amide bonds. The second kappa shape index (κ2) is 12.6. The van der Waals surface area contributed by atoms with E-state index in [1.807, 2.05) is 19.1 Å². The van der Waals surface area contributed by atoms with Crippen LogP contribution in [0.3, 0.4) is 0 Å². The number of imidazole rings is 1. The van der Waals surface area contributed by atoms with Gasteiger partial charge in [-0.25, -0.2) is 19.2 Å². The molecular formula is C31H36FN5O5. The van der Waals surface area contributed by atoms with Crippen LogP contribution in [0.25, 0.3) is 22.7 Å². The summed E-state index contributed by atoms with van der Waals surface area (Å²) in [4.78, 5) is 36.9. The van der Waals surface area contributed by atoms with Gasteiger partial charge in [-0.2, -0.15) is 0 Å². The molecule has 1 aromatic carbocycles. The molecule has 1 aliphatic heterocycles. The first-order valence-electron chi connectivity index (χ1n) is 14.9. The van der Waals surface area contributed by atoms with E-state index in [9.17, 15) is 14.0 Å². The molecule has 1 saturated carbocycles. The number of rotatable bonds is 11. The number of hydrogen-bond donors (Lipinski definition) is 0. The molecule has 42 heavy (non-hydrogen) atoms. The van der Waals surface area contributed by atoms with E-state index in [1.165, 1.54) is 27.7 Å². The Labute approximate surface area is 242 Å². The Balaban J connectivity index is 1.37. The molecule has 222 valence electrons. The third-order valence-electron chi connectivity index (χ3n) is 7.97. The highest BCUT2D eigenvalue weighted by atomic mass is 19.1. The molecule has 2 aliphatic rings. The quantitative estimate of drug-likeness (QED) is 0.242. The average molecular weight is 578 g/mol. The summed E-state index contributed by atoms with van der Waals surface area (Å²) in [5, 5.41) is 0. The molecule has 11 heteroatoms. The number of benzene rings is 1. The first-order chi connectivity index (χ1) is 20.5. The van der Waals surface area contributed by atoms with E-state index in [0.29, 0.717) is 54.6 Å². The highest BCUT2D eigenvalue weighted by Crippen LogP contribution is 2.27. The number of hydrogen-bond acceptors (Lipinski definition) is 7. The van der Waals surface area contributed by atoms with Crippen molar-refractivity contribution >= 4 is 11.2 Å². The molecule has 0 spiro atoms. The van der Waals surface area contributed by atoms with Crippen LogP contribution in [0.4, 0.5) is 4.39 Å². The maximum Gasteiger partial charge on any atom is 0.332 e. The third-order valence-corrected chi connectivity index (χ3v) is 7.97. The number of fused-ring (bicyclic) bond motifs is 1. The van der Waals surface area contributed by atoms with Crippen LogP contribution in [0.1, 0.15) is 57.4 Å². The summed E-state index contributed by atoms with van der Waals surface area (Å²) in [5.41, 5.74) is 1.06. The normalized spacial score (nSPS) is 17.4. The van der Waals surface area contributed by atoms with Crippen LogP contribution in [0, 0.1) is 5.82 Å². The molecule has 6 rings (SSSR count). The topological polar surface area (TPSA) is 102 Å². The van der Waals surface area contributed by atoms with Crippen LogP contribution >= 0.6 is 0 Å². The fraction of sp³-hybridized carbons (Fsp3) is 0.484. The van der Waals surface area contributed by atoms with Crippen molar-refractivity contribution in [2.45, 2.75) is 83.9 Å². The van der Waals surface area contributed by atoms with Crippen molar-refractivity contribution in [1.82, 2.24) is 23.7 Å². The summed E-state index contributed by atoms with van der Waals surface area (Å²) in [6, 6.07) is 9.78. The summed E-state index contributed by atoms with van der Waals surface area (Å²) < 4.78 is 35.7. The molecule has 1 unspecified atom stereocenters. The summed E-state index contributed by atoms with van der Waals surface area (Å²) in [6.45, 7) is 3.68. The molecule has 4 aromatic rings. The van der Waals surface area contributed by atoms with Crippen molar-refractivity contribution in [3.05, 3.63) is 74.8 Å². The van der Waals surface area contributed by atoms with Crippen molar-refractivity contribution in [3.8, 4) is 17.3 Å². The zero-order valence-corrected chi connectivity index (χ0v) is 23.8. The Hall–Kier alpha value is -3.83. The van der Waals surface area contributed by atoms with Gasteiger partial charge in [0.2, 0.25) is 0 Å². The van der Waals surface area contributed by atoms with Gasteiger partial charge in [0.15, 0.2) is 23.3 Å². The van der Waals surface area contributed by atoms with Crippen LogP contribution in [0.15, 0.2) is 52.2 Å². The zero-order valence-electron chi connectivity index (χ0n) is 23.8. The lowest BCUT2D eigenvalue weighted by Crippen LogP contribution is -2.40. The van der Waals surface area contributed by atoms with Crippen LogP contribution in [-0.2, 0) is 29.1 Å². The van der Waals surface area contributed by atoms with E-state index >= 15 is 0 Å². The molecule has 0 radical (unpaired) electrons. The zero-order chi connectivity index (χ0) is 29.1. The van der Waals surface area contributed by atoms with Crippen molar-refractivity contribution in [3.63, 3.8) is 0 Å². The van der Waals surface area contributed by atoms with Gasteiger partial charge in [0.25, 0.3) is 5.56 Å². The van der Waals surface area contributed by atoms with Gasteiger partial charge in [-0.15, -0.1) is 0 Å². The van der Waals surface area contributed by atoms with Crippen LogP contribution in [0.5, 0.6) is 5.75 Å². The van der Waals surface area contributed by atoms with Gasteiger partial charge in [0.1, 0.15) is 17.3 Å². The number of pyridine rings is 1. The van der Waals surface area contributed by atoms with E-state index in [0.717, 1.165) is 37.7 Å². The number of nitrogens with zero attached hydrogens (tertiary/aromatic N) is 5. The molecule has 2 fully saturated rings. The van der Waals surface area contributed by atoms with E-state index in [2.05, 4.69) is 4.98 Å². The Morgan fingerprint density at radius 2 is 1.83 bits per heavy atom. The largest absolute Gasteiger partial charge is 0.489 e. The summed E-state index contributed by atoms with van der Waals surface area (Å²) in [6.07, 6.45) is 8.32. The Morgan fingerprint density at radius 3 is 2.50 bits per heavy atom. The van der Waals surface area contributed by atoms with Crippen molar-refractivity contribution in [1.29, 1.82) is 0 Å². The first-order valence-corrected chi connectivity index (χ1v) is 14.9. The van der Waals surface area contributed by atoms with Crippen molar-refractivity contribution in [2.24, 2.45) is 0 Å². The monoisotopic (exact) mass is 577 g/mol. The maximum atomic E-state index is 14.0. The van der Waals surface area contributed by atoms with Gasteiger partial charge >= 0.3 is 5.69 Å². The molecular weight excluding hydrogens is 541 g/mol. The lowest BCUT2D eigenvalue weighted by molar-refractivity contribution is -0.163. The highest BCUT2D eigenvalue weighted by molar-refractivity contribution is 5.76. The molecule has 4 heterocycles. The predicted molar refractivity (Wildman–Crippen MR) is 155 cm³/mol. The van der Waals surface area contributed by atoms with E-state index in [-0.39, 0.29) is 31.3 Å². The van der Waals surface area contributed by atoms with Crippen LogP contribution in [0.2, 0.25) is 0 Å². The number of aromatic nitrogens is 5. The average Bonchev–Trinajstić information content (AvgIpc) is 3.35. The SMILES string of the molecule is CCn1c(=O)n(CCCOC2CCCCO2)c(=O)c2c1nc(-c1ccc(OC3CCC3)cn1)n2Cc1ccc(F)cc1. The second-order valence-corrected chi connectivity index (χ2v) is 10.9. The minimum atomic E-state index is -0.431. The predicted octanol–water partition coefficient (Wildman–Crippen LogP) is 4.49. The molecule has 1 aliphatic carbocycles. The second-order valence-electron chi connectivity index (χ2n) is 10.9. The highest BCUT2D eigenvalue weighted by Gasteiger charge is 2.24. The number of aryl methyl sites for hydroxylation is 1. The minimum Gasteiger partial charge on any atom is -0.489 e. The van der Waals surface area contributed by atoms with Gasteiger partial charge in [-0.3, -0.25) is 13.9 Å². The van der Waals surface area contributed by atoms with Gasteiger partial charge in [0, 0.05) is 26.2 Å². The van der Waals surface area contributed by atoms with Crippen molar-refractivity contribution in [2.75, 3.05) is 13.2 Å². The molecule has 0 bridgehead atoms. The molecule has 1 atom stereocenters. The fourth-order valence-corrected chi connectivity index (χ4v) is 5.44. The van der Waals surface area contributed by atoms with E-state index < -0.39 is 11.2 Å². The standard InChI is InChI=1S/C31H36FN5O5/c1-2-35-29-27(30(38)36(31(35)39)16-6-18-41-26-9-3-4-17-40-26)37(20-21-10-12-22(32)13-11-21)28(34-29)25-15-14-24(19-33-25)42-23-7-5-8-23/h10-15,19,23,26H,2-9,16-18,20H2,1H3. The smallest absolute Gasteiger partial charge is 0.332 e. The number of halogens is 1. The minimum absolute atomic E-state index is 0.197. The van der Waals surface area contributed by atoms with Crippen LogP contribution in [-0.4, -0.2) is 49.3 Å². The Kier molecular flexibility index (Phi) is 8.48. The first kappa shape index (κ1) is 28.3. The third kappa shape index (κ3) is 5.89. The number of ether oxygens (including phenoxy) is 3. The van der Waals surface area contributed by atoms with Gasteiger partial charge in [-0.05, 0) is 81.7 Å². The molecule has 1 saturated heterocycles.